The summed E-state index contributed by atoms with van der Waals surface area (Å²) in [6.07, 6.45) is -0.477. The number of carbonyl (C=O) groups excluding carboxylic acids is 1. The Hall–Kier alpha value is -1.42. The number of ether oxygens (including phenoxy) is 1. The maximum atomic E-state index is 10.8. The number of amides is 1. The molecule has 74 valence electrons. The summed E-state index contributed by atoms with van der Waals surface area (Å²) in [5.41, 5.74) is 0.573. The number of aromatic hydroxyl groups is 1. The van der Waals surface area contributed by atoms with Crippen molar-refractivity contribution in [3.8, 4) is 5.75 Å². The first kappa shape index (κ1) is 9.15. The van der Waals surface area contributed by atoms with Crippen molar-refractivity contribution in [1.29, 1.82) is 0 Å². The quantitative estimate of drug-likeness (QED) is 0.748. The molecule has 1 fully saturated rings. The highest BCUT2D eigenvalue weighted by Gasteiger charge is 2.26. The third-order valence-electron chi connectivity index (χ3n) is 2.07. The van der Waals surface area contributed by atoms with Crippen molar-refractivity contribution in [3.05, 3.63) is 28.8 Å². The highest BCUT2D eigenvalue weighted by molar-refractivity contribution is 6.32. The number of alkyl carbamates (subject to hydrolysis) is 1. The van der Waals surface area contributed by atoms with Crippen LogP contribution in [0.3, 0.4) is 0 Å². The molecular formula is C9H8ClNO3. The fraction of sp³-hybridized carbons (Fsp3) is 0.222. The van der Waals surface area contributed by atoms with Crippen LogP contribution in [-0.2, 0) is 4.74 Å². The van der Waals surface area contributed by atoms with Crippen LogP contribution < -0.4 is 5.32 Å². The van der Waals surface area contributed by atoms with E-state index in [1.165, 1.54) is 0 Å². The third kappa shape index (κ3) is 1.48. The van der Waals surface area contributed by atoms with E-state index in [0.717, 1.165) is 0 Å². The first-order valence-electron chi connectivity index (χ1n) is 4.09. The molecule has 4 nitrogen and oxygen atoms in total. The fourth-order valence-corrected chi connectivity index (χ4v) is 1.55. The average Bonchev–Trinajstić information content (AvgIpc) is 2.57. The minimum Gasteiger partial charge on any atom is -0.506 e. The van der Waals surface area contributed by atoms with Crippen LogP contribution in [-0.4, -0.2) is 17.8 Å². The summed E-state index contributed by atoms with van der Waals surface area (Å²) in [6.45, 7) is 0.215. The first-order chi connectivity index (χ1) is 6.68. The fourth-order valence-electron chi connectivity index (χ4n) is 1.37. The molecule has 5 heteroatoms. The van der Waals surface area contributed by atoms with Gasteiger partial charge in [-0.15, -0.1) is 0 Å². The number of hydrogen-bond donors (Lipinski definition) is 2. The Morgan fingerprint density at radius 3 is 3.00 bits per heavy atom. The molecule has 0 bridgehead atoms. The first-order valence-corrected chi connectivity index (χ1v) is 4.47. The molecule has 0 saturated carbocycles. The van der Waals surface area contributed by atoms with E-state index in [2.05, 4.69) is 5.32 Å². The Bertz CT molecular complexity index is 380. The molecule has 0 spiro atoms. The van der Waals surface area contributed by atoms with Gasteiger partial charge in [-0.3, -0.25) is 0 Å². The molecule has 0 radical (unpaired) electrons. The second kappa shape index (κ2) is 3.38. The number of benzene rings is 1. The second-order valence-electron chi connectivity index (χ2n) is 2.97. The highest BCUT2D eigenvalue weighted by Crippen LogP contribution is 2.32. The van der Waals surface area contributed by atoms with Gasteiger partial charge in [0.2, 0.25) is 0 Å². The monoisotopic (exact) mass is 213 g/mol. The highest BCUT2D eigenvalue weighted by atomic mass is 35.5. The number of rotatable bonds is 1. The van der Waals surface area contributed by atoms with Gasteiger partial charge in [0.05, 0.1) is 11.1 Å². The largest absolute Gasteiger partial charge is 0.506 e. The normalized spacial score (nSPS) is 20.4. The number of halogens is 1. The van der Waals surface area contributed by atoms with E-state index in [1.54, 1.807) is 18.2 Å². The lowest BCUT2D eigenvalue weighted by Crippen LogP contribution is -2.18. The maximum Gasteiger partial charge on any atom is 0.407 e. The molecule has 2 N–H and O–H groups in total. The zero-order valence-corrected chi connectivity index (χ0v) is 7.91. The van der Waals surface area contributed by atoms with E-state index in [1.807, 2.05) is 0 Å². The summed E-state index contributed by atoms with van der Waals surface area (Å²) >= 11 is 5.73. The average molecular weight is 214 g/mol. The number of carbonyl (C=O) groups is 1. The van der Waals surface area contributed by atoms with E-state index >= 15 is 0 Å². The van der Waals surface area contributed by atoms with Crippen LogP contribution in [0.1, 0.15) is 11.6 Å². The van der Waals surface area contributed by atoms with Gasteiger partial charge < -0.3 is 15.2 Å². The van der Waals surface area contributed by atoms with Crippen molar-refractivity contribution in [1.82, 2.24) is 5.32 Å². The van der Waals surface area contributed by atoms with Crippen molar-refractivity contribution in [2.45, 2.75) is 6.04 Å². The molecule has 1 unspecified atom stereocenters. The van der Waals surface area contributed by atoms with Gasteiger partial charge in [0, 0.05) is 5.56 Å². The lowest BCUT2D eigenvalue weighted by molar-refractivity contribution is 0.177. The van der Waals surface area contributed by atoms with Gasteiger partial charge in [-0.05, 0) is 6.07 Å². The van der Waals surface area contributed by atoms with Crippen LogP contribution in [0.5, 0.6) is 5.75 Å². The predicted octanol–water partition coefficient (Wildman–Crippen LogP) is 1.83. The molecular weight excluding hydrogens is 206 g/mol. The Labute approximate surface area is 85.4 Å². The molecule has 0 aliphatic carbocycles. The molecule has 0 aromatic heterocycles. The Morgan fingerprint density at radius 2 is 2.36 bits per heavy atom. The Morgan fingerprint density at radius 1 is 1.57 bits per heavy atom. The minimum absolute atomic E-state index is 0.00929. The lowest BCUT2D eigenvalue weighted by atomic mass is 10.1. The van der Waals surface area contributed by atoms with Gasteiger partial charge in [0.25, 0.3) is 0 Å². The number of nitrogens with one attached hydrogen (secondary N) is 1. The van der Waals surface area contributed by atoms with Crippen LogP contribution in [0.2, 0.25) is 5.02 Å². The van der Waals surface area contributed by atoms with Gasteiger partial charge in [-0.1, -0.05) is 23.7 Å². The molecule has 1 amide bonds. The molecule has 1 aliphatic rings. The molecule has 1 saturated heterocycles. The molecule has 1 atom stereocenters. The van der Waals surface area contributed by atoms with Gasteiger partial charge in [0.15, 0.2) is 0 Å². The minimum atomic E-state index is -0.477. The van der Waals surface area contributed by atoms with Crippen LogP contribution in [0.25, 0.3) is 0 Å². The molecule has 14 heavy (non-hydrogen) atoms. The SMILES string of the molecule is O=C1NC(c2cccc(Cl)c2O)CO1. The number of para-hydroxylation sites is 1. The summed E-state index contributed by atoms with van der Waals surface area (Å²) < 4.78 is 4.71. The summed E-state index contributed by atoms with van der Waals surface area (Å²) in [5.74, 6) is -0.00929. The zero-order chi connectivity index (χ0) is 10.1. The van der Waals surface area contributed by atoms with Gasteiger partial charge >= 0.3 is 6.09 Å². The molecule has 1 aromatic rings. The number of phenols is 1. The number of phenolic OH excluding ortho intramolecular Hbond substituents is 1. The summed E-state index contributed by atoms with van der Waals surface area (Å²) in [5, 5.41) is 12.4. The summed E-state index contributed by atoms with van der Waals surface area (Å²) in [6, 6.07) is 4.67. The molecule has 1 aliphatic heterocycles. The van der Waals surface area contributed by atoms with E-state index in [9.17, 15) is 9.90 Å². The topological polar surface area (TPSA) is 58.6 Å². The standard InChI is InChI=1S/C9H8ClNO3/c10-6-3-1-2-5(8(6)12)7-4-14-9(13)11-7/h1-3,7,12H,4H2,(H,11,13). The van der Waals surface area contributed by atoms with Crippen molar-refractivity contribution in [2.75, 3.05) is 6.61 Å². The number of cyclic esters (lactones) is 1. The number of hydrogen-bond acceptors (Lipinski definition) is 3. The van der Waals surface area contributed by atoms with Crippen LogP contribution >= 0.6 is 11.6 Å². The van der Waals surface area contributed by atoms with Crippen LogP contribution in [0.4, 0.5) is 4.79 Å². The van der Waals surface area contributed by atoms with Gasteiger partial charge in [-0.25, -0.2) is 4.79 Å². The van der Waals surface area contributed by atoms with Crippen molar-refractivity contribution in [3.63, 3.8) is 0 Å². The molecule has 1 heterocycles. The van der Waals surface area contributed by atoms with E-state index in [-0.39, 0.29) is 23.4 Å². The lowest BCUT2D eigenvalue weighted by Gasteiger charge is -2.10. The van der Waals surface area contributed by atoms with Crippen LogP contribution in [0, 0.1) is 0 Å². The predicted molar refractivity (Wildman–Crippen MR) is 50.3 cm³/mol. The van der Waals surface area contributed by atoms with Gasteiger partial charge in [0.1, 0.15) is 12.4 Å². The Balaban J connectivity index is 2.32. The van der Waals surface area contributed by atoms with Gasteiger partial charge in [-0.2, -0.15) is 0 Å². The van der Waals surface area contributed by atoms with Crippen molar-refractivity contribution >= 4 is 17.7 Å². The molecule has 2 rings (SSSR count). The van der Waals surface area contributed by atoms with Crippen molar-refractivity contribution in [2.24, 2.45) is 0 Å². The second-order valence-corrected chi connectivity index (χ2v) is 3.38. The van der Waals surface area contributed by atoms with E-state index in [4.69, 9.17) is 16.3 Å². The summed E-state index contributed by atoms with van der Waals surface area (Å²) in [7, 11) is 0. The molecule has 1 aromatic carbocycles. The van der Waals surface area contributed by atoms with E-state index in [0.29, 0.717) is 5.56 Å². The maximum absolute atomic E-state index is 10.8. The van der Waals surface area contributed by atoms with Crippen LogP contribution in [0.15, 0.2) is 18.2 Å². The summed E-state index contributed by atoms with van der Waals surface area (Å²) in [4.78, 5) is 10.8. The Kier molecular flexibility index (Phi) is 2.21. The zero-order valence-electron chi connectivity index (χ0n) is 7.16. The van der Waals surface area contributed by atoms with Crippen molar-refractivity contribution < 1.29 is 14.6 Å². The van der Waals surface area contributed by atoms with E-state index < -0.39 is 6.09 Å². The smallest absolute Gasteiger partial charge is 0.407 e. The third-order valence-corrected chi connectivity index (χ3v) is 2.37.